The number of hydrogen-bond acceptors (Lipinski definition) is 4. The van der Waals surface area contributed by atoms with Gasteiger partial charge in [0.05, 0.1) is 13.2 Å². The molecule has 4 heteroatoms. The van der Waals surface area contributed by atoms with E-state index >= 15 is 0 Å². The molecule has 0 aliphatic heterocycles. The molecule has 2 N–H and O–H groups in total. The van der Waals surface area contributed by atoms with E-state index in [9.17, 15) is 0 Å². The molecule has 0 aliphatic carbocycles. The summed E-state index contributed by atoms with van der Waals surface area (Å²) in [5.41, 5.74) is 0.213. The van der Waals surface area contributed by atoms with Crippen molar-refractivity contribution in [3.05, 3.63) is 0 Å². The predicted molar refractivity (Wildman–Crippen MR) is 67.9 cm³/mol. The lowest BCUT2D eigenvalue weighted by Crippen LogP contribution is -2.40. The molecule has 0 fully saturated rings. The molecule has 0 atom stereocenters. The maximum Gasteiger partial charge on any atom is 0.0700 e. The molecule has 0 aromatic heterocycles. The van der Waals surface area contributed by atoms with Crippen LogP contribution in [0.5, 0.6) is 0 Å². The lowest BCUT2D eigenvalue weighted by atomic mass is 10.1. The first kappa shape index (κ1) is 15.8. The summed E-state index contributed by atoms with van der Waals surface area (Å²) in [7, 11) is 1.69. The monoisotopic (exact) mass is 232 g/mol. The van der Waals surface area contributed by atoms with Crippen LogP contribution in [0.3, 0.4) is 0 Å². The summed E-state index contributed by atoms with van der Waals surface area (Å²) in [5, 5.41) is 6.81. The highest BCUT2D eigenvalue weighted by atomic mass is 16.5. The van der Waals surface area contributed by atoms with Crippen LogP contribution in [0.1, 0.15) is 27.2 Å². The van der Waals surface area contributed by atoms with Crippen LogP contribution in [0.15, 0.2) is 0 Å². The molecular formula is C12H28N2O2. The van der Waals surface area contributed by atoms with Crippen LogP contribution < -0.4 is 10.6 Å². The minimum Gasteiger partial charge on any atom is -0.382 e. The van der Waals surface area contributed by atoms with Crippen molar-refractivity contribution in [2.45, 2.75) is 32.7 Å². The molecule has 0 saturated carbocycles. The Labute approximate surface area is 100 Å². The Kier molecular flexibility index (Phi) is 9.92. The van der Waals surface area contributed by atoms with Crippen LogP contribution in [-0.2, 0) is 9.47 Å². The molecule has 16 heavy (non-hydrogen) atoms. The minimum atomic E-state index is 0.213. The van der Waals surface area contributed by atoms with Crippen LogP contribution in [0.25, 0.3) is 0 Å². The van der Waals surface area contributed by atoms with Gasteiger partial charge < -0.3 is 20.1 Å². The van der Waals surface area contributed by atoms with Crippen molar-refractivity contribution in [3.8, 4) is 0 Å². The second-order valence-electron chi connectivity index (χ2n) is 4.89. The summed E-state index contributed by atoms with van der Waals surface area (Å²) in [5.74, 6) is 0. The maximum absolute atomic E-state index is 5.35. The Morgan fingerprint density at radius 3 is 2.31 bits per heavy atom. The van der Waals surface area contributed by atoms with Crippen LogP contribution in [0.4, 0.5) is 0 Å². The van der Waals surface area contributed by atoms with Gasteiger partial charge in [0.1, 0.15) is 0 Å². The minimum absolute atomic E-state index is 0.213. The average molecular weight is 232 g/mol. The number of hydrogen-bond donors (Lipinski definition) is 2. The van der Waals surface area contributed by atoms with Gasteiger partial charge in [0.15, 0.2) is 0 Å². The molecule has 0 aromatic rings. The molecule has 0 radical (unpaired) electrons. The fraction of sp³-hybridized carbons (Fsp3) is 1.00. The SMILES string of the molecule is COCCOCCCNCCNC(C)(C)C. The van der Waals surface area contributed by atoms with E-state index in [4.69, 9.17) is 9.47 Å². The smallest absolute Gasteiger partial charge is 0.0700 e. The fourth-order valence-corrected chi connectivity index (χ4v) is 1.19. The van der Waals surface area contributed by atoms with Crippen molar-refractivity contribution >= 4 is 0 Å². The molecule has 0 saturated heterocycles. The summed E-state index contributed by atoms with van der Waals surface area (Å²) in [6, 6.07) is 0. The highest BCUT2D eigenvalue weighted by Crippen LogP contribution is 1.96. The molecule has 0 amide bonds. The summed E-state index contributed by atoms with van der Waals surface area (Å²) in [6.07, 6.45) is 1.05. The number of nitrogens with one attached hydrogen (secondary N) is 2. The summed E-state index contributed by atoms with van der Waals surface area (Å²) in [4.78, 5) is 0. The van der Waals surface area contributed by atoms with Crippen molar-refractivity contribution in [2.75, 3.05) is 46.6 Å². The molecule has 0 aliphatic rings. The van der Waals surface area contributed by atoms with Crippen molar-refractivity contribution in [3.63, 3.8) is 0 Å². The molecule has 98 valence electrons. The van der Waals surface area contributed by atoms with Crippen LogP contribution in [0.2, 0.25) is 0 Å². The first-order valence-corrected chi connectivity index (χ1v) is 6.08. The lowest BCUT2D eigenvalue weighted by molar-refractivity contribution is 0.0695. The summed E-state index contributed by atoms with van der Waals surface area (Å²) < 4.78 is 10.2. The molecule has 0 rings (SSSR count). The zero-order chi connectivity index (χ0) is 12.3. The number of methoxy groups -OCH3 is 1. The highest BCUT2D eigenvalue weighted by Gasteiger charge is 2.06. The molecule has 0 spiro atoms. The van der Waals surface area contributed by atoms with Gasteiger partial charge in [-0.25, -0.2) is 0 Å². The second kappa shape index (κ2) is 10.0. The van der Waals surface area contributed by atoms with E-state index < -0.39 is 0 Å². The van der Waals surface area contributed by atoms with Gasteiger partial charge in [-0.2, -0.15) is 0 Å². The Bertz CT molecular complexity index is 146. The normalized spacial score (nSPS) is 12.0. The molecule has 0 aromatic carbocycles. The summed E-state index contributed by atoms with van der Waals surface area (Å²) in [6.45, 7) is 11.8. The number of rotatable bonds is 10. The Hall–Kier alpha value is -0.160. The lowest BCUT2D eigenvalue weighted by Gasteiger charge is -2.20. The molecular weight excluding hydrogens is 204 g/mol. The van der Waals surface area contributed by atoms with E-state index in [0.717, 1.165) is 32.7 Å². The van der Waals surface area contributed by atoms with Crippen LogP contribution in [0, 0.1) is 0 Å². The van der Waals surface area contributed by atoms with Crippen molar-refractivity contribution in [1.29, 1.82) is 0 Å². The maximum atomic E-state index is 5.35. The first-order valence-electron chi connectivity index (χ1n) is 6.08. The molecule has 4 nitrogen and oxygen atoms in total. The van der Waals surface area contributed by atoms with Gasteiger partial charge in [0.25, 0.3) is 0 Å². The van der Waals surface area contributed by atoms with Crippen LogP contribution in [-0.4, -0.2) is 52.1 Å². The topological polar surface area (TPSA) is 42.5 Å². The van der Waals surface area contributed by atoms with E-state index in [2.05, 4.69) is 31.4 Å². The quantitative estimate of drug-likeness (QED) is 0.552. The van der Waals surface area contributed by atoms with Gasteiger partial charge in [0.2, 0.25) is 0 Å². The second-order valence-corrected chi connectivity index (χ2v) is 4.89. The van der Waals surface area contributed by atoms with Gasteiger partial charge in [-0.1, -0.05) is 0 Å². The van der Waals surface area contributed by atoms with Crippen molar-refractivity contribution in [1.82, 2.24) is 10.6 Å². The van der Waals surface area contributed by atoms with Crippen molar-refractivity contribution < 1.29 is 9.47 Å². The van der Waals surface area contributed by atoms with Gasteiger partial charge in [-0.15, -0.1) is 0 Å². The summed E-state index contributed by atoms with van der Waals surface area (Å²) >= 11 is 0. The third kappa shape index (κ3) is 13.8. The average Bonchev–Trinajstić information content (AvgIpc) is 2.19. The third-order valence-electron chi connectivity index (χ3n) is 2.03. The van der Waals surface area contributed by atoms with E-state index in [0.29, 0.717) is 13.2 Å². The standard InChI is InChI=1S/C12H28N2O2/c1-12(2,3)14-8-7-13-6-5-9-16-11-10-15-4/h13-14H,5-11H2,1-4H3. The third-order valence-corrected chi connectivity index (χ3v) is 2.03. The van der Waals surface area contributed by atoms with Gasteiger partial charge >= 0.3 is 0 Å². The first-order chi connectivity index (χ1) is 7.56. The van der Waals surface area contributed by atoms with Crippen LogP contribution >= 0.6 is 0 Å². The van der Waals surface area contributed by atoms with Gasteiger partial charge in [-0.05, 0) is 33.7 Å². The molecule has 0 bridgehead atoms. The number of ether oxygens (including phenoxy) is 2. The fourth-order valence-electron chi connectivity index (χ4n) is 1.19. The highest BCUT2D eigenvalue weighted by molar-refractivity contribution is 4.70. The van der Waals surface area contributed by atoms with E-state index in [1.54, 1.807) is 7.11 Å². The molecule has 0 heterocycles. The van der Waals surface area contributed by atoms with Crippen molar-refractivity contribution in [2.24, 2.45) is 0 Å². The Morgan fingerprint density at radius 2 is 1.69 bits per heavy atom. The predicted octanol–water partition coefficient (Wildman–Crippen LogP) is 1.02. The van der Waals surface area contributed by atoms with E-state index in [-0.39, 0.29) is 5.54 Å². The van der Waals surface area contributed by atoms with E-state index in [1.165, 1.54) is 0 Å². The zero-order valence-electron chi connectivity index (χ0n) is 11.3. The van der Waals surface area contributed by atoms with Gasteiger partial charge in [-0.3, -0.25) is 0 Å². The molecule has 0 unspecified atom stereocenters. The Balaban J connectivity index is 2.99. The van der Waals surface area contributed by atoms with E-state index in [1.807, 2.05) is 0 Å². The largest absolute Gasteiger partial charge is 0.382 e. The Morgan fingerprint density at radius 1 is 0.938 bits per heavy atom. The zero-order valence-corrected chi connectivity index (χ0v) is 11.3. The van der Waals surface area contributed by atoms with Gasteiger partial charge in [0, 0.05) is 32.3 Å².